The van der Waals surface area contributed by atoms with E-state index < -0.39 is 17.6 Å². The highest BCUT2D eigenvalue weighted by Gasteiger charge is 2.28. The zero-order valence-corrected chi connectivity index (χ0v) is 19.2. The lowest BCUT2D eigenvalue weighted by Crippen LogP contribution is -2.41. The number of hydrogen-bond acceptors (Lipinski definition) is 7. The van der Waals surface area contributed by atoms with Crippen LogP contribution in [0.4, 0.5) is 4.79 Å². The van der Waals surface area contributed by atoms with Crippen molar-refractivity contribution < 1.29 is 23.9 Å². The lowest BCUT2D eigenvalue weighted by Gasteiger charge is -2.27. The van der Waals surface area contributed by atoms with Gasteiger partial charge in [0.15, 0.2) is 0 Å². The Balaban J connectivity index is 1.77. The van der Waals surface area contributed by atoms with E-state index in [4.69, 9.17) is 10.5 Å². The first-order chi connectivity index (χ1) is 16.2. The molecule has 0 aliphatic heterocycles. The van der Waals surface area contributed by atoms with E-state index in [9.17, 15) is 19.2 Å². The number of nitrogens with one attached hydrogen (secondary N) is 1. The van der Waals surface area contributed by atoms with Crippen LogP contribution < -0.4 is 16.6 Å². The van der Waals surface area contributed by atoms with Gasteiger partial charge in [-0.2, -0.15) is 10.1 Å². The maximum Gasteiger partial charge on any atom is 0.435 e. The molecule has 0 atom stereocenters. The first kappa shape index (κ1) is 24.6. The van der Waals surface area contributed by atoms with Crippen molar-refractivity contribution in [3.63, 3.8) is 0 Å². The molecule has 11 nitrogen and oxygen atoms in total. The number of aromatic nitrogens is 2. The summed E-state index contributed by atoms with van der Waals surface area (Å²) in [7, 11) is 4.04. The maximum atomic E-state index is 12.9. The van der Waals surface area contributed by atoms with Crippen LogP contribution in [0.2, 0.25) is 0 Å². The van der Waals surface area contributed by atoms with Crippen LogP contribution in [0.1, 0.15) is 41.6 Å². The molecule has 1 heterocycles. The molecule has 1 aromatic heterocycles. The van der Waals surface area contributed by atoms with Crippen LogP contribution in [0.25, 0.3) is 11.3 Å². The predicted octanol–water partition coefficient (Wildman–Crippen LogP) is 1.38. The van der Waals surface area contributed by atoms with E-state index in [1.54, 1.807) is 24.3 Å². The summed E-state index contributed by atoms with van der Waals surface area (Å²) in [6, 6.07) is 7.98. The molecule has 1 aliphatic carbocycles. The molecule has 0 unspecified atom stereocenters. The predicted molar refractivity (Wildman–Crippen MR) is 123 cm³/mol. The lowest BCUT2D eigenvalue weighted by atomic mass is 9.86. The van der Waals surface area contributed by atoms with Gasteiger partial charge in [0.05, 0.1) is 25.8 Å². The zero-order valence-electron chi connectivity index (χ0n) is 19.2. The van der Waals surface area contributed by atoms with E-state index in [0.29, 0.717) is 42.5 Å². The largest absolute Gasteiger partial charge is 0.469 e. The molecule has 180 valence electrons. The Morgan fingerprint density at radius 1 is 1.09 bits per heavy atom. The van der Waals surface area contributed by atoms with Gasteiger partial charge in [0.25, 0.3) is 11.5 Å². The molecule has 0 spiro atoms. The second kappa shape index (κ2) is 10.7. The number of ether oxygens (including phenoxy) is 2. The summed E-state index contributed by atoms with van der Waals surface area (Å²) >= 11 is 0. The standard InChI is InChI=1S/C23H27N5O6/c1-28-21(30)17(20(29)25-16-10-8-15(9-11-16)22(31)33-2)12-18(27-28)13-4-6-14(7-5-13)19(24)26-23(32)34-3/h4-7,12,15-16H,8-11H2,1-3H3,(H,25,29)(H2,24,26,32). The number of nitrogens with zero attached hydrogens (tertiary/aromatic N) is 3. The van der Waals surface area contributed by atoms with Gasteiger partial charge < -0.3 is 20.5 Å². The molecule has 1 aliphatic rings. The van der Waals surface area contributed by atoms with E-state index >= 15 is 0 Å². The van der Waals surface area contributed by atoms with Crippen LogP contribution in [0, 0.1) is 5.92 Å². The number of aryl methyl sites for hydroxylation is 1. The second-order valence-corrected chi connectivity index (χ2v) is 7.96. The van der Waals surface area contributed by atoms with Crippen LogP contribution in [0.5, 0.6) is 0 Å². The highest BCUT2D eigenvalue weighted by atomic mass is 16.5. The minimum Gasteiger partial charge on any atom is -0.469 e. The van der Waals surface area contributed by atoms with Crippen molar-refractivity contribution in [2.24, 2.45) is 23.7 Å². The van der Waals surface area contributed by atoms with Gasteiger partial charge in [-0.25, -0.2) is 9.48 Å². The Hall–Kier alpha value is -4.02. The molecule has 1 saturated carbocycles. The van der Waals surface area contributed by atoms with E-state index in [2.05, 4.69) is 20.1 Å². The lowest BCUT2D eigenvalue weighted by molar-refractivity contribution is -0.146. The van der Waals surface area contributed by atoms with Crippen LogP contribution in [0.3, 0.4) is 0 Å². The van der Waals surface area contributed by atoms with Crippen LogP contribution in [0.15, 0.2) is 40.1 Å². The fourth-order valence-electron chi connectivity index (χ4n) is 3.84. The summed E-state index contributed by atoms with van der Waals surface area (Å²) in [4.78, 5) is 52.1. The Labute approximate surface area is 196 Å². The van der Waals surface area contributed by atoms with E-state index in [-0.39, 0.29) is 29.3 Å². The molecule has 0 bridgehead atoms. The smallest absolute Gasteiger partial charge is 0.435 e. The number of benzene rings is 1. The molecular formula is C23H27N5O6. The quantitative estimate of drug-likeness (QED) is 0.378. The van der Waals surface area contributed by atoms with Gasteiger partial charge in [-0.3, -0.25) is 14.4 Å². The maximum absolute atomic E-state index is 12.9. The summed E-state index contributed by atoms with van der Waals surface area (Å²) < 4.78 is 10.4. The molecule has 0 saturated heterocycles. The number of carbonyl (C=O) groups excluding carboxylic acids is 3. The summed E-state index contributed by atoms with van der Waals surface area (Å²) in [5.74, 6) is -0.888. The van der Waals surface area contributed by atoms with E-state index in [1.165, 1.54) is 27.3 Å². The molecule has 2 amide bonds. The fraction of sp³-hybridized carbons (Fsp3) is 0.391. The van der Waals surface area contributed by atoms with Crippen LogP contribution in [-0.4, -0.2) is 53.8 Å². The molecule has 3 N–H and O–H groups in total. The van der Waals surface area contributed by atoms with Crippen molar-refractivity contribution in [3.8, 4) is 11.3 Å². The summed E-state index contributed by atoms with van der Waals surface area (Å²) in [6.07, 6.45) is 1.67. The number of carbonyl (C=O) groups is 3. The third-order valence-electron chi connectivity index (χ3n) is 5.77. The number of methoxy groups -OCH3 is 2. The number of amidine groups is 1. The monoisotopic (exact) mass is 469 g/mol. The van der Waals surface area contributed by atoms with Crippen molar-refractivity contribution in [1.29, 1.82) is 0 Å². The molecular weight excluding hydrogens is 442 g/mol. The summed E-state index contributed by atoms with van der Waals surface area (Å²) in [6.45, 7) is 0. The molecule has 34 heavy (non-hydrogen) atoms. The van der Waals surface area contributed by atoms with Gasteiger partial charge in [0.2, 0.25) is 0 Å². The van der Waals surface area contributed by atoms with Crippen molar-refractivity contribution in [1.82, 2.24) is 15.1 Å². The number of amides is 2. The molecule has 1 fully saturated rings. The molecule has 0 radical (unpaired) electrons. The van der Waals surface area contributed by atoms with Gasteiger partial charge in [0, 0.05) is 24.2 Å². The number of aliphatic imine (C=N–C) groups is 1. The second-order valence-electron chi connectivity index (χ2n) is 7.96. The number of rotatable bonds is 5. The van der Waals surface area contributed by atoms with Crippen LogP contribution in [-0.2, 0) is 21.3 Å². The number of nitrogens with two attached hydrogens (primary N) is 1. The molecule has 2 aromatic rings. The summed E-state index contributed by atoms with van der Waals surface area (Å²) in [5.41, 5.74) is 6.80. The average molecular weight is 469 g/mol. The number of esters is 1. The molecule has 1 aromatic carbocycles. The highest BCUT2D eigenvalue weighted by Crippen LogP contribution is 2.25. The van der Waals surface area contributed by atoms with Gasteiger partial charge >= 0.3 is 12.1 Å². The molecule has 11 heteroatoms. The Morgan fingerprint density at radius 3 is 2.32 bits per heavy atom. The van der Waals surface area contributed by atoms with Gasteiger partial charge in [0.1, 0.15) is 11.4 Å². The zero-order chi connectivity index (χ0) is 24.8. The third kappa shape index (κ3) is 5.66. The average Bonchev–Trinajstić information content (AvgIpc) is 2.85. The van der Waals surface area contributed by atoms with Gasteiger partial charge in [-0.1, -0.05) is 24.3 Å². The topological polar surface area (TPSA) is 155 Å². The highest BCUT2D eigenvalue weighted by molar-refractivity contribution is 6.03. The minimum absolute atomic E-state index is 0.00573. The first-order valence-corrected chi connectivity index (χ1v) is 10.7. The Kier molecular flexibility index (Phi) is 7.77. The van der Waals surface area contributed by atoms with E-state index in [1.807, 2.05) is 0 Å². The normalized spacial score (nSPS) is 18.1. The van der Waals surface area contributed by atoms with E-state index in [0.717, 1.165) is 4.68 Å². The summed E-state index contributed by atoms with van der Waals surface area (Å²) in [5, 5.41) is 7.14. The van der Waals surface area contributed by atoms with Crippen molar-refractivity contribution in [3.05, 3.63) is 51.8 Å². The SMILES string of the molecule is COC(=O)/N=C(\N)c1ccc(-c2cc(C(=O)NC3CCC(C(=O)OC)CC3)c(=O)n(C)n2)cc1. The minimum atomic E-state index is -0.810. The molecule has 3 rings (SSSR count). The van der Waals surface area contributed by atoms with Crippen molar-refractivity contribution in [2.75, 3.05) is 14.2 Å². The number of hydrogen-bond donors (Lipinski definition) is 2. The third-order valence-corrected chi connectivity index (χ3v) is 5.77. The van der Waals surface area contributed by atoms with Gasteiger partial charge in [-0.15, -0.1) is 0 Å². The van der Waals surface area contributed by atoms with Crippen molar-refractivity contribution in [2.45, 2.75) is 31.7 Å². The Bertz CT molecular complexity index is 1160. The first-order valence-electron chi connectivity index (χ1n) is 10.7. The Morgan fingerprint density at radius 2 is 1.74 bits per heavy atom. The van der Waals surface area contributed by atoms with Crippen molar-refractivity contribution >= 4 is 23.8 Å². The fourth-order valence-corrected chi connectivity index (χ4v) is 3.84. The van der Waals surface area contributed by atoms with Gasteiger partial charge in [-0.05, 0) is 31.7 Å². The van der Waals surface area contributed by atoms with Crippen LogP contribution >= 0.6 is 0 Å².